The van der Waals surface area contributed by atoms with E-state index in [4.69, 9.17) is 22.7 Å². The largest absolute Gasteiger partial charge is 0.393 e. The number of nitrogens with one attached hydrogen (secondary N) is 1. The van der Waals surface area contributed by atoms with Crippen LogP contribution in [0.1, 0.15) is 33.1 Å². The van der Waals surface area contributed by atoms with Crippen molar-refractivity contribution in [2.24, 2.45) is 5.73 Å². The van der Waals surface area contributed by atoms with E-state index < -0.39 is 5.60 Å². The van der Waals surface area contributed by atoms with Gasteiger partial charge in [-0.15, -0.1) is 0 Å². The van der Waals surface area contributed by atoms with Crippen LogP contribution in [0.15, 0.2) is 0 Å². The average Bonchev–Trinajstić information content (AvgIpc) is 2.16. The Hall–Kier alpha value is -0.680. The van der Waals surface area contributed by atoms with Crippen molar-refractivity contribution in [1.29, 1.82) is 0 Å². The molecule has 0 spiro atoms. The van der Waals surface area contributed by atoms with E-state index in [-0.39, 0.29) is 5.91 Å². The van der Waals surface area contributed by atoms with Crippen LogP contribution >= 0.6 is 12.2 Å². The molecule has 0 aromatic heterocycles. The zero-order valence-electron chi connectivity index (χ0n) is 9.63. The Labute approximate surface area is 96.5 Å². The lowest BCUT2D eigenvalue weighted by atomic mass is 10.1. The van der Waals surface area contributed by atoms with E-state index in [1.807, 2.05) is 0 Å². The van der Waals surface area contributed by atoms with Gasteiger partial charge in [0.1, 0.15) is 5.60 Å². The third-order valence-corrected chi connectivity index (χ3v) is 2.40. The van der Waals surface area contributed by atoms with Crippen molar-refractivity contribution in [3.63, 3.8) is 0 Å². The minimum atomic E-state index is -0.761. The second kappa shape index (κ2) is 6.74. The summed E-state index contributed by atoms with van der Waals surface area (Å²) < 4.78 is 5.04. The highest BCUT2D eigenvalue weighted by Crippen LogP contribution is 2.06. The Morgan fingerprint density at radius 1 is 1.47 bits per heavy atom. The molecule has 0 heterocycles. The molecule has 0 aromatic rings. The zero-order valence-corrected chi connectivity index (χ0v) is 10.4. The van der Waals surface area contributed by atoms with Gasteiger partial charge in [0.2, 0.25) is 0 Å². The van der Waals surface area contributed by atoms with Gasteiger partial charge in [-0.05, 0) is 33.1 Å². The number of carbonyl (C=O) groups is 1. The molecule has 88 valence electrons. The molecule has 0 atom stereocenters. The molecule has 0 saturated carbocycles. The molecule has 0 saturated heterocycles. The highest BCUT2D eigenvalue weighted by molar-refractivity contribution is 7.80. The fourth-order valence-corrected chi connectivity index (χ4v) is 1.08. The Balaban J connectivity index is 3.60. The monoisotopic (exact) mass is 232 g/mol. The normalized spacial score (nSPS) is 11.1. The fraction of sp³-hybridized carbons (Fsp3) is 0.800. The maximum absolute atomic E-state index is 11.5. The van der Waals surface area contributed by atoms with Crippen LogP contribution in [0.2, 0.25) is 0 Å². The minimum Gasteiger partial charge on any atom is -0.393 e. The highest BCUT2D eigenvalue weighted by Gasteiger charge is 2.25. The van der Waals surface area contributed by atoms with Crippen LogP contribution in [0.25, 0.3) is 0 Å². The second-order valence-electron chi connectivity index (χ2n) is 3.89. The summed E-state index contributed by atoms with van der Waals surface area (Å²) >= 11 is 4.75. The summed E-state index contributed by atoms with van der Waals surface area (Å²) in [5, 5.41) is 2.80. The van der Waals surface area contributed by atoms with Crippen LogP contribution in [0, 0.1) is 0 Å². The van der Waals surface area contributed by atoms with Gasteiger partial charge in [0.05, 0.1) is 4.99 Å². The molecular weight excluding hydrogens is 212 g/mol. The first kappa shape index (κ1) is 14.3. The molecule has 15 heavy (non-hydrogen) atoms. The van der Waals surface area contributed by atoms with E-state index >= 15 is 0 Å². The first-order valence-corrected chi connectivity index (χ1v) is 5.42. The van der Waals surface area contributed by atoms with E-state index in [2.05, 4.69) is 5.32 Å². The van der Waals surface area contributed by atoms with Crippen LogP contribution in [0.4, 0.5) is 0 Å². The van der Waals surface area contributed by atoms with Gasteiger partial charge in [0.25, 0.3) is 5.91 Å². The summed E-state index contributed by atoms with van der Waals surface area (Å²) in [6.07, 6.45) is 2.52. The van der Waals surface area contributed by atoms with E-state index in [1.54, 1.807) is 13.8 Å². The van der Waals surface area contributed by atoms with Crippen LogP contribution in [0.5, 0.6) is 0 Å². The van der Waals surface area contributed by atoms with Crippen LogP contribution < -0.4 is 11.1 Å². The number of methoxy groups -OCH3 is 1. The second-order valence-corrected chi connectivity index (χ2v) is 4.42. The van der Waals surface area contributed by atoms with E-state index in [0.29, 0.717) is 11.5 Å². The summed E-state index contributed by atoms with van der Waals surface area (Å²) in [4.78, 5) is 12.0. The van der Waals surface area contributed by atoms with Crippen molar-refractivity contribution in [3.8, 4) is 0 Å². The minimum absolute atomic E-state index is 0.0969. The molecule has 1 amide bonds. The number of ether oxygens (including phenoxy) is 1. The molecule has 0 rings (SSSR count). The number of hydrogen-bond acceptors (Lipinski definition) is 3. The molecule has 0 fully saturated rings. The lowest BCUT2D eigenvalue weighted by molar-refractivity contribution is -0.139. The number of rotatable bonds is 7. The summed E-state index contributed by atoms with van der Waals surface area (Å²) in [5.41, 5.74) is 4.59. The van der Waals surface area contributed by atoms with Gasteiger partial charge >= 0.3 is 0 Å². The summed E-state index contributed by atoms with van der Waals surface area (Å²) in [7, 11) is 1.52. The Morgan fingerprint density at radius 2 is 2.07 bits per heavy atom. The maximum Gasteiger partial charge on any atom is 0.251 e. The van der Waals surface area contributed by atoms with Crippen LogP contribution in [0.3, 0.4) is 0 Å². The van der Waals surface area contributed by atoms with E-state index in [1.165, 1.54) is 7.11 Å². The standard InChI is InChI=1S/C10H20N2O2S/c1-10(2,14-3)9(13)12-7-5-4-6-8(11)15/h4-7H2,1-3H3,(H2,11,15)(H,12,13). The molecule has 4 nitrogen and oxygen atoms in total. The molecule has 0 aliphatic heterocycles. The molecule has 0 radical (unpaired) electrons. The third kappa shape index (κ3) is 6.41. The molecule has 0 bridgehead atoms. The van der Waals surface area contributed by atoms with Crippen molar-refractivity contribution in [1.82, 2.24) is 5.32 Å². The highest BCUT2D eigenvalue weighted by atomic mass is 32.1. The van der Waals surface area contributed by atoms with Gasteiger partial charge in [-0.3, -0.25) is 4.79 Å². The Kier molecular flexibility index (Phi) is 6.43. The lowest BCUT2D eigenvalue weighted by Gasteiger charge is -2.21. The number of thiocarbonyl (C=S) groups is 1. The number of hydrogen-bond donors (Lipinski definition) is 2. The van der Waals surface area contributed by atoms with Gasteiger partial charge in [0.15, 0.2) is 0 Å². The van der Waals surface area contributed by atoms with Crippen molar-refractivity contribution in [2.75, 3.05) is 13.7 Å². The van der Waals surface area contributed by atoms with Crippen LogP contribution in [-0.4, -0.2) is 30.2 Å². The van der Waals surface area contributed by atoms with Crippen molar-refractivity contribution < 1.29 is 9.53 Å². The number of carbonyl (C=O) groups excluding carboxylic acids is 1. The SMILES string of the molecule is COC(C)(C)C(=O)NCCCCC(N)=S. The fourth-order valence-electron chi connectivity index (χ4n) is 0.932. The molecular formula is C10H20N2O2S. The molecule has 0 aliphatic rings. The van der Waals surface area contributed by atoms with Gasteiger partial charge in [-0.1, -0.05) is 12.2 Å². The Morgan fingerprint density at radius 3 is 2.53 bits per heavy atom. The first-order valence-electron chi connectivity index (χ1n) is 5.02. The van der Waals surface area contributed by atoms with Gasteiger partial charge in [-0.25, -0.2) is 0 Å². The Bertz CT molecular complexity index is 229. The zero-order chi connectivity index (χ0) is 11.9. The number of unbranched alkanes of at least 4 members (excludes halogenated alkanes) is 1. The lowest BCUT2D eigenvalue weighted by Crippen LogP contribution is -2.43. The third-order valence-electron chi connectivity index (χ3n) is 2.19. The average molecular weight is 232 g/mol. The molecule has 0 aliphatic carbocycles. The van der Waals surface area contributed by atoms with Crippen molar-refractivity contribution >= 4 is 23.1 Å². The smallest absolute Gasteiger partial charge is 0.251 e. The molecule has 5 heteroatoms. The van der Waals surface area contributed by atoms with E-state index in [0.717, 1.165) is 19.3 Å². The van der Waals surface area contributed by atoms with Gasteiger partial charge < -0.3 is 15.8 Å². The number of amides is 1. The summed E-state index contributed by atoms with van der Waals surface area (Å²) in [5.74, 6) is -0.0969. The number of nitrogens with two attached hydrogens (primary N) is 1. The van der Waals surface area contributed by atoms with Crippen LogP contribution in [-0.2, 0) is 9.53 Å². The van der Waals surface area contributed by atoms with Gasteiger partial charge in [0, 0.05) is 13.7 Å². The summed E-state index contributed by atoms with van der Waals surface area (Å²) in [6.45, 7) is 4.10. The van der Waals surface area contributed by atoms with Gasteiger partial charge in [-0.2, -0.15) is 0 Å². The predicted molar refractivity (Wildman–Crippen MR) is 64.7 cm³/mol. The first-order chi connectivity index (χ1) is 6.90. The predicted octanol–water partition coefficient (Wildman–Crippen LogP) is 0.984. The van der Waals surface area contributed by atoms with E-state index in [9.17, 15) is 4.79 Å². The molecule has 0 aromatic carbocycles. The quantitative estimate of drug-likeness (QED) is 0.507. The summed E-state index contributed by atoms with van der Waals surface area (Å²) in [6, 6.07) is 0. The molecule has 0 unspecified atom stereocenters. The van der Waals surface area contributed by atoms with Crippen molar-refractivity contribution in [3.05, 3.63) is 0 Å². The topological polar surface area (TPSA) is 64.3 Å². The molecule has 3 N–H and O–H groups in total. The maximum atomic E-state index is 11.5. The van der Waals surface area contributed by atoms with Crippen molar-refractivity contribution in [2.45, 2.75) is 38.7 Å².